The van der Waals surface area contributed by atoms with Gasteiger partial charge in [-0.25, -0.2) is 0 Å². The number of hydrogen-bond acceptors (Lipinski definition) is 5. The minimum atomic E-state index is -0.194. The van der Waals surface area contributed by atoms with Gasteiger partial charge in [-0.05, 0) is 48.8 Å². The van der Waals surface area contributed by atoms with E-state index in [1.165, 1.54) is 5.69 Å². The fraction of sp³-hybridized carbons (Fsp3) is 0.300. The van der Waals surface area contributed by atoms with E-state index in [1.54, 1.807) is 16.0 Å². The topological polar surface area (TPSA) is 53.4 Å². The molecule has 1 fully saturated rings. The monoisotopic (exact) mass is 381 g/mol. The van der Waals surface area contributed by atoms with E-state index in [4.69, 9.17) is 0 Å². The number of aryl methyl sites for hydroxylation is 1. The molecule has 0 unspecified atom stereocenters. The van der Waals surface area contributed by atoms with Crippen molar-refractivity contribution in [3.63, 3.8) is 0 Å². The normalized spacial score (nSPS) is 15.1. The summed E-state index contributed by atoms with van der Waals surface area (Å²) in [6.45, 7) is 4.21. The molecule has 0 saturated carbocycles. The van der Waals surface area contributed by atoms with Gasteiger partial charge in [-0.15, -0.1) is 11.3 Å². The lowest BCUT2D eigenvalue weighted by atomic mass is 10.2. The number of piperazine rings is 1. The summed E-state index contributed by atoms with van der Waals surface area (Å²) in [5.41, 5.74) is 3.34. The number of nitrogens with zero attached hydrogens (tertiary/aromatic N) is 4. The van der Waals surface area contributed by atoms with Crippen molar-refractivity contribution in [2.45, 2.75) is 0 Å². The van der Waals surface area contributed by atoms with Crippen molar-refractivity contribution in [1.82, 2.24) is 14.7 Å². The second-order valence-electron chi connectivity index (χ2n) is 6.81. The highest BCUT2D eigenvalue weighted by molar-refractivity contribution is 7.13. The summed E-state index contributed by atoms with van der Waals surface area (Å²) in [6, 6.07) is 13.9. The molecule has 3 heterocycles. The smallest absolute Gasteiger partial charge is 0.276 e. The SMILES string of the molecule is CN1CCN(c2ccc(NC(=O)c3cc(-c4cccs4)n(C)n3)cc2)CC1. The van der Waals surface area contributed by atoms with Crippen LogP contribution >= 0.6 is 11.3 Å². The zero-order valence-corrected chi connectivity index (χ0v) is 16.4. The summed E-state index contributed by atoms with van der Waals surface area (Å²) in [4.78, 5) is 18.4. The number of rotatable bonds is 4. The Labute approximate surface area is 163 Å². The van der Waals surface area contributed by atoms with Gasteiger partial charge in [0.1, 0.15) is 0 Å². The molecule has 1 N–H and O–H groups in total. The molecule has 1 saturated heterocycles. The van der Waals surface area contributed by atoms with Crippen LogP contribution in [0.2, 0.25) is 0 Å². The van der Waals surface area contributed by atoms with Gasteiger partial charge in [0.2, 0.25) is 0 Å². The first-order valence-electron chi connectivity index (χ1n) is 9.03. The minimum Gasteiger partial charge on any atom is -0.369 e. The Morgan fingerprint density at radius 3 is 2.48 bits per heavy atom. The summed E-state index contributed by atoms with van der Waals surface area (Å²) in [6.07, 6.45) is 0. The molecule has 140 valence electrons. The highest BCUT2D eigenvalue weighted by Gasteiger charge is 2.16. The van der Waals surface area contributed by atoms with Crippen LogP contribution in [0.25, 0.3) is 10.6 Å². The molecular weight excluding hydrogens is 358 g/mol. The number of anilines is 2. The molecule has 0 radical (unpaired) electrons. The molecular formula is C20H23N5OS. The number of aromatic nitrogens is 2. The maximum Gasteiger partial charge on any atom is 0.276 e. The van der Waals surface area contributed by atoms with Crippen LogP contribution in [0.1, 0.15) is 10.5 Å². The number of hydrogen-bond donors (Lipinski definition) is 1. The summed E-state index contributed by atoms with van der Waals surface area (Å²) < 4.78 is 1.75. The van der Waals surface area contributed by atoms with Crippen molar-refractivity contribution in [3.05, 3.63) is 53.5 Å². The Hall–Kier alpha value is -2.64. The Balaban J connectivity index is 1.43. The maximum atomic E-state index is 12.6. The van der Waals surface area contributed by atoms with Crippen LogP contribution in [-0.4, -0.2) is 53.8 Å². The van der Waals surface area contributed by atoms with Gasteiger partial charge in [0.15, 0.2) is 5.69 Å². The van der Waals surface area contributed by atoms with Gasteiger partial charge in [-0.1, -0.05) is 6.07 Å². The zero-order valence-electron chi connectivity index (χ0n) is 15.6. The molecule has 1 aromatic carbocycles. The average molecular weight is 382 g/mol. The minimum absolute atomic E-state index is 0.194. The van der Waals surface area contributed by atoms with Crippen molar-refractivity contribution in [2.75, 3.05) is 43.4 Å². The van der Waals surface area contributed by atoms with E-state index in [1.807, 2.05) is 42.8 Å². The van der Waals surface area contributed by atoms with Crippen molar-refractivity contribution in [2.24, 2.45) is 7.05 Å². The number of nitrogens with one attached hydrogen (secondary N) is 1. The Kier molecular flexibility index (Phi) is 4.96. The van der Waals surface area contributed by atoms with E-state index in [9.17, 15) is 4.79 Å². The number of thiophene rings is 1. The predicted octanol–water partition coefficient (Wildman–Crippen LogP) is 3.15. The lowest BCUT2D eigenvalue weighted by Gasteiger charge is -2.34. The van der Waals surface area contributed by atoms with Crippen molar-refractivity contribution in [1.29, 1.82) is 0 Å². The second-order valence-corrected chi connectivity index (χ2v) is 7.75. The number of benzene rings is 1. The van der Waals surface area contributed by atoms with E-state index in [2.05, 4.69) is 39.4 Å². The van der Waals surface area contributed by atoms with Gasteiger partial charge >= 0.3 is 0 Å². The number of likely N-dealkylation sites (N-methyl/N-ethyl adjacent to an activating group) is 1. The molecule has 1 aliphatic heterocycles. The molecule has 0 spiro atoms. The van der Waals surface area contributed by atoms with Gasteiger partial charge in [0, 0.05) is 44.6 Å². The number of carbonyl (C=O) groups is 1. The molecule has 1 aliphatic rings. The third kappa shape index (κ3) is 3.89. The van der Waals surface area contributed by atoms with E-state index < -0.39 is 0 Å². The summed E-state index contributed by atoms with van der Waals surface area (Å²) in [5.74, 6) is -0.194. The van der Waals surface area contributed by atoms with Crippen LogP contribution in [0.3, 0.4) is 0 Å². The third-order valence-corrected chi connectivity index (χ3v) is 5.77. The van der Waals surface area contributed by atoms with Crippen LogP contribution in [-0.2, 0) is 7.05 Å². The van der Waals surface area contributed by atoms with Gasteiger partial charge in [-0.2, -0.15) is 5.10 Å². The lowest BCUT2D eigenvalue weighted by molar-refractivity contribution is 0.102. The zero-order chi connectivity index (χ0) is 18.8. The molecule has 0 aliphatic carbocycles. The first-order chi connectivity index (χ1) is 13.1. The molecule has 2 aromatic heterocycles. The second kappa shape index (κ2) is 7.54. The van der Waals surface area contributed by atoms with Gasteiger partial charge < -0.3 is 15.1 Å². The van der Waals surface area contributed by atoms with Crippen LogP contribution in [0.15, 0.2) is 47.8 Å². The Morgan fingerprint density at radius 1 is 1.07 bits per heavy atom. The van der Waals surface area contributed by atoms with E-state index in [-0.39, 0.29) is 5.91 Å². The largest absolute Gasteiger partial charge is 0.369 e. The lowest BCUT2D eigenvalue weighted by Crippen LogP contribution is -2.44. The van der Waals surface area contributed by atoms with Gasteiger partial charge in [-0.3, -0.25) is 9.48 Å². The van der Waals surface area contributed by atoms with Crippen molar-refractivity contribution < 1.29 is 4.79 Å². The summed E-state index contributed by atoms with van der Waals surface area (Å²) >= 11 is 1.63. The molecule has 6 nitrogen and oxygen atoms in total. The van der Waals surface area contributed by atoms with Crippen molar-refractivity contribution >= 4 is 28.6 Å². The molecule has 3 aromatic rings. The van der Waals surface area contributed by atoms with Gasteiger partial charge in [0.25, 0.3) is 5.91 Å². The van der Waals surface area contributed by atoms with Crippen LogP contribution in [0.5, 0.6) is 0 Å². The number of carbonyl (C=O) groups excluding carboxylic acids is 1. The molecule has 4 rings (SSSR count). The summed E-state index contributed by atoms with van der Waals surface area (Å²) in [7, 11) is 4.01. The first-order valence-corrected chi connectivity index (χ1v) is 9.91. The molecule has 7 heteroatoms. The molecule has 0 atom stereocenters. The predicted molar refractivity (Wildman–Crippen MR) is 111 cm³/mol. The molecule has 27 heavy (non-hydrogen) atoms. The van der Waals surface area contributed by atoms with E-state index >= 15 is 0 Å². The number of amides is 1. The van der Waals surface area contributed by atoms with E-state index in [0.29, 0.717) is 5.69 Å². The molecule has 0 bridgehead atoms. The maximum absolute atomic E-state index is 12.6. The van der Waals surface area contributed by atoms with Gasteiger partial charge in [0.05, 0.1) is 10.6 Å². The Morgan fingerprint density at radius 2 is 1.81 bits per heavy atom. The van der Waals surface area contributed by atoms with Crippen LogP contribution in [0, 0.1) is 0 Å². The highest BCUT2D eigenvalue weighted by Crippen LogP contribution is 2.25. The fourth-order valence-corrected chi connectivity index (χ4v) is 4.02. The summed E-state index contributed by atoms with van der Waals surface area (Å²) in [5, 5.41) is 9.32. The average Bonchev–Trinajstić information content (AvgIpc) is 3.32. The fourth-order valence-electron chi connectivity index (χ4n) is 3.25. The Bertz CT molecular complexity index is 909. The standard InChI is InChI=1S/C20H23N5OS/c1-23-9-11-25(12-10-23)16-7-5-15(6-8-16)21-20(26)17-14-18(24(2)22-17)19-4-3-13-27-19/h3-8,13-14H,9-12H2,1-2H3,(H,21,26). The van der Waals surface area contributed by atoms with E-state index in [0.717, 1.165) is 42.4 Å². The van der Waals surface area contributed by atoms with Crippen molar-refractivity contribution in [3.8, 4) is 10.6 Å². The van der Waals surface area contributed by atoms with Crippen LogP contribution in [0.4, 0.5) is 11.4 Å². The highest BCUT2D eigenvalue weighted by atomic mass is 32.1. The molecule has 1 amide bonds. The first kappa shape index (κ1) is 17.8. The third-order valence-electron chi connectivity index (χ3n) is 4.88. The quantitative estimate of drug-likeness (QED) is 0.754. The van der Waals surface area contributed by atoms with Crippen LogP contribution < -0.4 is 10.2 Å².